The van der Waals surface area contributed by atoms with Gasteiger partial charge in [0.2, 0.25) is 0 Å². The van der Waals surface area contributed by atoms with Gasteiger partial charge in [-0.15, -0.1) is 10.2 Å². The van der Waals surface area contributed by atoms with E-state index in [2.05, 4.69) is 15.2 Å². The van der Waals surface area contributed by atoms with Gasteiger partial charge in [-0.1, -0.05) is 17.8 Å². The van der Waals surface area contributed by atoms with E-state index < -0.39 is 0 Å². The Labute approximate surface area is 153 Å². The van der Waals surface area contributed by atoms with Crippen LogP contribution in [0.3, 0.4) is 0 Å². The van der Waals surface area contributed by atoms with Crippen LogP contribution in [0, 0.1) is 13.8 Å². The molecule has 0 unspecified atom stereocenters. The Kier molecular flexibility index (Phi) is 4.12. The van der Waals surface area contributed by atoms with E-state index in [1.165, 1.54) is 11.8 Å². The number of aryl methyl sites for hydroxylation is 2. The third kappa shape index (κ3) is 2.82. The van der Waals surface area contributed by atoms with Crippen LogP contribution in [0.2, 0.25) is 0 Å². The zero-order valence-electron chi connectivity index (χ0n) is 14.6. The van der Waals surface area contributed by atoms with Crippen molar-refractivity contribution in [1.29, 1.82) is 0 Å². The molecule has 0 saturated carbocycles. The first-order valence-corrected chi connectivity index (χ1v) is 9.07. The van der Waals surface area contributed by atoms with Crippen LogP contribution in [0.5, 0.6) is 0 Å². The zero-order chi connectivity index (χ0) is 18.3. The molecule has 132 valence electrons. The number of hydrogen-bond donors (Lipinski definition) is 0. The molecule has 0 radical (unpaired) electrons. The fourth-order valence-electron chi connectivity index (χ4n) is 2.81. The Morgan fingerprint density at radius 3 is 2.85 bits per heavy atom. The van der Waals surface area contributed by atoms with Crippen molar-refractivity contribution in [3.8, 4) is 11.4 Å². The molecule has 26 heavy (non-hydrogen) atoms. The first-order valence-electron chi connectivity index (χ1n) is 8.09. The smallest absolute Gasteiger partial charge is 0.258 e. The molecule has 4 heterocycles. The van der Waals surface area contributed by atoms with Gasteiger partial charge in [-0.2, -0.15) is 0 Å². The van der Waals surface area contributed by atoms with Gasteiger partial charge in [0.15, 0.2) is 11.0 Å². The van der Waals surface area contributed by atoms with Gasteiger partial charge in [-0.05, 0) is 31.5 Å². The van der Waals surface area contributed by atoms with Crippen molar-refractivity contribution >= 4 is 17.4 Å². The van der Waals surface area contributed by atoms with Crippen molar-refractivity contribution in [2.75, 3.05) is 0 Å². The predicted molar refractivity (Wildman–Crippen MR) is 99.2 cm³/mol. The molecule has 0 fully saturated rings. The molecule has 7 nitrogen and oxygen atoms in total. The third-order valence-corrected chi connectivity index (χ3v) is 5.28. The molecule has 0 saturated heterocycles. The second-order valence-corrected chi connectivity index (χ2v) is 6.96. The number of aromatic nitrogens is 5. The van der Waals surface area contributed by atoms with Gasteiger partial charge in [0.05, 0.1) is 17.5 Å². The minimum Gasteiger partial charge on any atom is -0.469 e. The number of fused-ring (bicyclic) bond motifs is 1. The number of furan rings is 1. The maximum atomic E-state index is 12.3. The van der Waals surface area contributed by atoms with Gasteiger partial charge in [0, 0.05) is 25.1 Å². The summed E-state index contributed by atoms with van der Waals surface area (Å²) in [6.07, 6.45) is 3.37. The summed E-state index contributed by atoms with van der Waals surface area (Å²) in [5, 5.41) is 9.27. The fraction of sp³-hybridized carbons (Fsp3) is 0.222. The zero-order valence-corrected chi connectivity index (χ0v) is 15.4. The van der Waals surface area contributed by atoms with Gasteiger partial charge in [0.1, 0.15) is 11.4 Å². The molecule has 0 aromatic carbocycles. The van der Waals surface area contributed by atoms with Crippen molar-refractivity contribution in [3.63, 3.8) is 0 Å². The minimum atomic E-state index is -0.0815. The minimum absolute atomic E-state index is 0.0815. The normalized spacial score (nSPS) is 11.3. The van der Waals surface area contributed by atoms with Gasteiger partial charge in [-0.3, -0.25) is 9.20 Å². The van der Waals surface area contributed by atoms with Gasteiger partial charge in [-0.25, -0.2) is 4.98 Å². The van der Waals surface area contributed by atoms with Crippen molar-refractivity contribution in [1.82, 2.24) is 24.1 Å². The van der Waals surface area contributed by atoms with Crippen molar-refractivity contribution in [2.24, 2.45) is 7.05 Å². The highest BCUT2D eigenvalue weighted by molar-refractivity contribution is 7.98. The lowest BCUT2D eigenvalue weighted by atomic mass is 10.2. The van der Waals surface area contributed by atoms with Crippen LogP contribution < -0.4 is 5.56 Å². The molecule has 4 aromatic heterocycles. The quantitative estimate of drug-likeness (QED) is 0.516. The highest BCUT2D eigenvalue weighted by Gasteiger charge is 2.15. The molecule has 0 spiro atoms. The Hall–Kier alpha value is -2.87. The largest absolute Gasteiger partial charge is 0.469 e. The highest BCUT2D eigenvalue weighted by atomic mass is 32.2. The lowest BCUT2D eigenvalue weighted by Crippen LogP contribution is -2.15. The fourth-order valence-corrected chi connectivity index (χ4v) is 3.62. The summed E-state index contributed by atoms with van der Waals surface area (Å²) in [7, 11) is 1.91. The van der Waals surface area contributed by atoms with Gasteiger partial charge >= 0.3 is 0 Å². The predicted octanol–water partition coefficient (Wildman–Crippen LogP) is 2.99. The second-order valence-electron chi connectivity index (χ2n) is 6.01. The maximum Gasteiger partial charge on any atom is 0.258 e. The van der Waals surface area contributed by atoms with Gasteiger partial charge in [0.25, 0.3) is 5.56 Å². The van der Waals surface area contributed by atoms with Crippen LogP contribution in [0.15, 0.2) is 51.1 Å². The molecule has 0 amide bonds. The lowest BCUT2D eigenvalue weighted by molar-refractivity contribution is 0.534. The van der Waals surface area contributed by atoms with Crippen LogP contribution in [-0.2, 0) is 12.8 Å². The Morgan fingerprint density at radius 2 is 2.08 bits per heavy atom. The van der Waals surface area contributed by atoms with Crippen LogP contribution in [0.1, 0.15) is 17.0 Å². The van der Waals surface area contributed by atoms with E-state index in [0.29, 0.717) is 11.4 Å². The molecule has 0 atom stereocenters. The van der Waals surface area contributed by atoms with Crippen LogP contribution in [0.25, 0.3) is 17.0 Å². The molecule has 4 aromatic rings. The molecule has 0 aliphatic carbocycles. The summed E-state index contributed by atoms with van der Waals surface area (Å²) < 4.78 is 8.82. The monoisotopic (exact) mass is 367 g/mol. The van der Waals surface area contributed by atoms with Crippen LogP contribution in [-0.4, -0.2) is 24.1 Å². The average Bonchev–Trinajstić information content (AvgIpc) is 3.19. The summed E-state index contributed by atoms with van der Waals surface area (Å²) >= 11 is 1.50. The Balaban J connectivity index is 1.61. The van der Waals surface area contributed by atoms with E-state index in [0.717, 1.165) is 33.6 Å². The van der Waals surface area contributed by atoms with Crippen molar-refractivity contribution in [2.45, 2.75) is 24.8 Å². The van der Waals surface area contributed by atoms with E-state index in [9.17, 15) is 4.79 Å². The summed E-state index contributed by atoms with van der Waals surface area (Å²) in [4.78, 5) is 16.9. The Morgan fingerprint density at radius 1 is 1.23 bits per heavy atom. The average molecular weight is 367 g/mol. The number of hydrogen-bond acceptors (Lipinski definition) is 6. The van der Waals surface area contributed by atoms with Crippen molar-refractivity contribution < 1.29 is 4.42 Å². The molecular weight excluding hydrogens is 350 g/mol. The van der Waals surface area contributed by atoms with Crippen LogP contribution >= 0.6 is 11.8 Å². The van der Waals surface area contributed by atoms with E-state index in [-0.39, 0.29) is 5.56 Å². The van der Waals surface area contributed by atoms with E-state index >= 15 is 0 Å². The third-order valence-electron chi connectivity index (χ3n) is 4.22. The second kappa shape index (κ2) is 6.45. The van der Waals surface area contributed by atoms with Crippen molar-refractivity contribution in [3.05, 3.63) is 64.1 Å². The number of nitrogens with zero attached hydrogens (tertiary/aromatic N) is 5. The summed E-state index contributed by atoms with van der Waals surface area (Å²) in [6.45, 7) is 3.84. The molecular formula is C18H17N5O2S. The standard InChI is InChI=1S/C18H17N5O2S/c1-11-5-4-7-23-15(24)9-13(19-16(11)23)10-26-18-21-20-17(22(18)3)14-6-8-25-12(14)2/h4-9H,10H2,1-3H3. The topological polar surface area (TPSA) is 78.2 Å². The lowest BCUT2D eigenvalue weighted by Gasteiger charge is -2.06. The Bertz CT molecular complexity index is 1160. The number of rotatable bonds is 4. The van der Waals surface area contributed by atoms with E-state index in [1.807, 2.05) is 43.7 Å². The number of pyridine rings is 1. The SMILES string of the molecule is Cc1occc1-c1nnc(SCc2cc(=O)n3cccc(C)c3n2)n1C. The molecule has 0 bridgehead atoms. The molecule has 8 heteroatoms. The first-order chi connectivity index (χ1) is 12.5. The van der Waals surface area contributed by atoms with Gasteiger partial charge < -0.3 is 8.98 Å². The highest BCUT2D eigenvalue weighted by Crippen LogP contribution is 2.27. The maximum absolute atomic E-state index is 12.3. The molecule has 0 N–H and O–H groups in total. The first kappa shape index (κ1) is 16.6. The molecule has 0 aliphatic heterocycles. The summed E-state index contributed by atoms with van der Waals surface area (Å²) in [5.74, 6) is 2.09. The van der Waals surface area contributed by atoms with E-state index in [4.69, 9.17) is 4.42 Å². The van der Waals surface area contributed by atoms with E-state index in [1.54, 1.807) is 22.9 Å². The number of thioether (sulfide) groups is 1. The van der Waals surface area contributed by atoms with Crippen LogP contribution in [0.4, 0.5) is 0 Å². The summed E-state index contributed by atoms with van der Waals surface area (Å²) in [6, 6.07) is 7.24. The molecule has 4 rings (SSSR count). The molecule has 0 aliphatic rings. The summed E-state index contributed by atoms with van der Waals surface area (Å²) in [5.41, 5.74) is 3.21.